The van der Waals surface area contributed by atoms with Gasteiger partial charge in [-0.3, -0.25) is 4.98 Å². The summed E-state index contributed by atoms with van der Waals surface area (Å²) in [5.74, 6) is -2.92. The number of rotatable bonds is 3. The summed E-state index contributed by atoms with van der Waals surface area (Å²) in [5, 5.41) is 8.46. The van der Waals surface area contributed by atoms with E-state index in [0.29, 0.717) is 0 Å². The van der Waals surface area contributed by atoms with Crippen LogP contribution in [0.15, 0.2) is 22.7 Å². The molecule has 2 unspecified atom stereocenters. The summed E-state index contributed by atoms with van der Waals surface area (Å²) < 4.78 is 29.6. The van der Waals surface area contributed by atoms with Crippen LogP contribution in [0.25, 0.3) is 0 Å². The molecule has 0 aliphatic carbocycles. The van der Waals surface area contributed by atoms with Crippen LogP contribution in [0.5, 0.6) is 0 Å². The van der Waals surface area contributed by atoms with Crippen LogP contribution >= 0.6 is 0 Å². The Morgan fingerprint density at radius 1 is 1.53 bits per heavy atom. The molecule has 2 atom stereocenters. The van der Waals surface area contributed by atoms with Gasteiger partial charge in [0.25, 0.3) is 5.92 Å². The number of nitrogens with zero attached hydrogens (tertiary/aromatic N) is 3. The van der Waals surface area contributed by atoms with Crippen molar-refractivity contribution in [1.82, 2.24) is 4.98 Å². The van der Waals surface area contributed by atoms with Gasteiger partial charge >= 0.3 is 0 Å². The first kappa shape index (κ1) is 13.7. The highest BCUT2D eigenvalue weighted by molar-refractivity contribution is 7.86. The van der Waals surface area contributed by atoms with E-state index in [9.17, 15) is 8.78 Å². The van der Waals surface area contributed by atoms with Gasteiger partial charge in [0.15, 0.2) is 0 Å². The fraction of sp³-hybridized carbons (Fsp3) is 0.455. The molecule has 1 aromatic heterocycles. The van der Waals surface area contributed by atoms with Crippen molar-refractivity contribution < 1.29 is 8.78 Å². The second kappa shape index (κ2) is 5.32. The van der Waals surface area contributed by atoms with Gasteiger partial charge in [-0.15, -0.1) is 0 Å². The topological polar surface area (TPSA) is 49.0 Å². The maximum atomic E-state index is 12.9. The first-order valence-electron chi connectivity index (χ1n) is 4.95. The van der Waals surface area contributed by atoms with Crippen molar-refractivity contribution in [3.8, 4) is 6.19 Å². The standard InChI is InChI=1S/C11H13F2N3S/c1-8(17(3)16-7-14)9-4-5-10(15-6-9)11(2,12)13/h4-6,8H,1-3H3. The fourth-order valence-electron chi connectivity index (χ4n) is 1.25. The van der Waals surface area contributed by atoms with Gasteiger partial charge in [0.1, 0.15) is 5.69 Å². The third-order valence-corrected chi connectivity index (χ3v) is 4.07. The van der Waals surface area contributed by atoms with E-state index in [0.717, 1.165) is 12.5 Å². The predicted molar refractivity (Wildman–Crippen MR) is 63.6 cm³/mol. The van der Waals surface area contributed by atoms with E-state index < -0.39 is 16.6 Å². The summed E-state index contributed by atoms with van der Waals surface area (Å²) in [6.07, 6.45) is 5.00. The monoisotopic (exact) mass is 257 g/mol. The lowest BCUT2D eigenvalue weighted by Gasteiger charge is -2.13. The molecule has 0 aliphatic heterocycles. The third kappa shape index (κ3) is 3.56. The van der Waals surface area contributed by atoms with Crippen molar-refractivity contribution in [3.63, 3.8) is 0 Å². The van der Waals surface area contributed by atoms with Crippen molar-refractivity contribution in [2.75, 3.05) is 6.26 Å². The lowest BCUT2D eigenvalue weighted by Crippen LogP contribution is -2.10. The Balaban J connectivity index is 2.97. The van der Waals surface area contributed by atoms with Crippen LogP contribution in [0.1, 0.15) is 30.4 Å². The lowest BCUT2D eigenvalue weighted by molar-refractivity contribution is 0.0127. The Hall–Kier alpha value is -1.35. The lowest BCUT2D eigenvalue weighted by atomic mass is 10.1. The third-order valence-electron chi connectivity index (χ3n) is 2.40. The zero-order valence-electron chi connectivity index (χ0n) is 9.82. The molecule has 0 N–H and O–H groups in total. The summed E-state index contributed by atoms with van der Waals surface area (Å²) in [4.78, 5) is 3.74. The number of alkyl halides is 2. The highest BCUT2D eigenvalue weighted by Gasteiger charge is 2.25. The molecule has 3 nitrogen and oxygen atoms in total. The average molecular weight is 257 g/mol. The SMILES string of the molecule is CC(c1ccc(C(C)(F)F)nc1)S(C)=NC#N. The van der Waals surface area contributed by atoms with Gasteiger partial charge in [0.05, 0.1) is 0 Å². The maximum Gasteiger partial charge on any atom is 0.286 e. The Morgan fingerprint density at radius 3 is 2.59 bits per heavy atom. The van der Waals surface area contributed by atoms with E-state index in [1.165, 1.54) is 12.3 Å². The zero-order chi connectivity index (χ0) is 13.1. The Kier molecular flexibility index (Phi) is 4.29. The highest BCUT2D eigenvalue weighted by atomic mass is 32.2. The first-order chi connectivity index (χ1) is 7.86. The normalized spacial score (nSPS) is 15.3. The number of halogens is 2. The van der Waals surface area contributed by atoms with E-state index in [1.807, 2.05) is 13.2 Å². The summed E-state index contributed by atoms with van der Waals surface area (Å²) in [6.45, 7) is 2.71. The van der Waals surface area contributed by atoms with Gasteiger partial charge < -0.3 is 0 Å². The molecular formula is C11H13F2N3S. The minimum Gasteiger partial charge on any atom is -0.255 e. The Labute approximate surface area is 102 Å². The van der Waals surface area contributed by atoms with Crippen molar-refractivity contribution in [2.45, 2.75) is 25.0 Å². The quantitative estimate of drug-likeness (QED) is 0.781. The molecule has 0 saturated heterocycles. The minimum absolute atomic E-state index is 0.00155. The number of nitriles is 1. The summed E-state index contributed by atoms with van der Waals surface area (Å²) in [7, 11) is -0.457. The van der Waals surface area contributed by atoms with Crippen molar-refractivity contribution >= 4 is 10.7 Å². The molecule has 6 heteroatoms. The summed E-state index contributed by atoms with van der Waals surface area (Å²) in [5.41, 5.74) is 0.560. The smallest absolute Gasteiger partial charge is 0.255 e. The van der Waals surface area contributed by atoms with Crippen LogP contribution in [0.3, 0.4) is 0 Å². The predicted octanol–water partition coefficient (Wildman–Crippen LogP) is 3.17. The van der Waals surface area contributed by atoms with Crippen LogP contribution in [0.2, 0.25) is 0 Å². The van der Waals surface area contributed by atoms with Gasteiger partial charge in [0.2, 0.25) is 6.19 Å². The van der Waals surface area contributed by atoms with Crippen LogP contribution in [-0.4, -0.2) is 11.2 Å². The van der Waals surface area contributed by atoms with Crippen LogP contribution in [0, 0.1) is 11.5 Å². The molecule has 1 heterocycles. The van der Waals surface area contributed by atoms with Crippen molar-refractivity contribution in [1.29, 1.82) is 5.26 Å². The van der Waals surface area contributed by atoms with Crippen molar-refractivity contribution in [3.05, 3.63) is 29.6 Å². The van der Waals surface area contributed by atoms with E-state index in [4.69, 9.17) is 5.26 Å². The second-order valence-corrected chi connectivity index (χ2v) is 5.66. The van der Waals surface area contributed by atoms with E-state index in [-0.39, 0.29) is 10.9 Å². The molecule has 0 aliphatic rings. The molecule has 1 rings (SSSR count). The molecule has 0 spiro atoms. The first-order valence-corrected chi connectivity index (χ1v) is 6.60. The van der Waals surface area contributed by atoms with E-state index in [2.05, 4.69) is 9.35 Å². The molecule has 0 aromatic carbocycles. The fourth-order valence-corrected chi connectivity index (χ4v) is 2.07. The average Bonchev–Trinajstić information content (AvgIpc) is 2.27. The molecule has 0 radical (unpaired) electrons. The Morgan fingerprint density at radius 2 is 2.18 bits per heavy atom. The van der Waals surface area contributed by atoms with Crippen LogP contribution in [0.4, 0.5) is 8.78 Å². The molecule has 0 saturated carbocycles. The van der Waals surface area contributed by atoms with E-state index >= 15 is 0 Å². The molecule has 0 bridgehead atoms. The van der Waals surface area contributed by atoms with Gasteiger partial charge in [-0.1, -0.05) is 16.8 Å². The summed E-state index contributed by atoms with van der Waals surface area (Å²) in [6, 6.07) is 2.93. The second-order valence-electron chi connectivity index (χ2n) is 3.72. The zero-order valence-corrected chi connectivity index (χ0v) is 10.6. The largest absolute Gasteiger partial charge is 0.286 e. The maximum absolute atomic E-state index is 12.9. The van der Waals surface area contributed by atoms with Gasteiger partial charge in [-0.05, 0) is 24.8 Å². The van der Waals surface area contributed by atoms with Gasteiger partial charge in [-0.2, -0.15) is 18.4 Å². The number of pyridine rings is 1. The van der Waals surface area contributed by atoms with Crippen molar-refractivity contribution in [2.24, 2.45) is 4.36 Å². The molecule has 1 aromatic rings. The molecular weight excluding hydrogens is 244 g/mol. The van der Waals surface area contributed by atoms with Crippen LogP contribution < -0.4 is 0 Å². The van der Waals surface area contributed by atoms with Gasteiger partial charge in [-0.25, -0.2) is 0 Å². The van der Waals surface area contributed by atoms with Crippen LogP contribution in [-0.2, 0) is 16.6 Å². The molecule has 92 valence electrons. The van der Waals surface area contributed by atoms with Gasteiger partial charge in [0, 0.05) is 18.4 Å². The Bertz CT molecular complexity index is 457. The number of hydrogen-bond donors (Lipinski definition) is 0. The number of hydrogen-bond acceptors (Lipinski definition) is 3. The summed E-state index contributed by atoms with van der Waals surface area (Å²) >= 11 is 0. The minimum atomic E-state index is -2.92. The molecule has 0 amide bonds. The molecule has 0 fully saturated rings. The number of aromatic nitrogens is 1. The molecule has 17 heavy (non-hydrogen) atoms. The highest BCUT2D eigenvalue weighted by Crippen LogP contribution is 2.26. The van der Waals surface area contributed by atoms with E-state index in [1.54, 1.807) is 12.3 Å².